The highest BCUT2D eigenvalue weighted by Crippen LogP contribution is 2.26. The normalized spacial score (nSPS) is 10.2. The minimum Gasteiger partial charge on any atom is -0.478 e. The Balaban J connectivity index is 0. The van der Waals surface area contributed by atoms with Crippen molar-refractivity contribution < 1.29 is 9.90 Å². The van der Waals surface area contributed by atoms with Crippen molar-refractivity contribution in [1.29, 1.82) is 0 Å². The molecule has 0 aliphatic heterocycles. The molecular formula is C13H26O2. The van der Waals surface area contributed by atoms with E-state index in [2.05, 4.69) is 34.3 Å². The van der Waals surface area contributed by atoms with E-state index in [0.717, 1.165) is 0 Å². The third-order valence-corrected chi connectivity index (χ3v) is 2.53. The molecule has 0 spiro atoms. The molecule has 0 amide bonds. The van der Waals surface area contributed by atoms with E-state index in [-0.39, 0.29) is 5.57 Å². The van der Waals surface area contributed by atoms with Crippen LogP contribution in [-0.2, 0) is 4.79 Å². The van der Waals surface area contributed by atoms with Gasteiger partial charge in [-0.2, -0.15) is 0 Å². The van der Waals surface area contributed by atoms with Crippen LogP contribution in [0.25, 0.3) is 0 Å². The molecule has 0 bridgehead atoms. The van der Waals surface area contributed by atoms with Crippen molar-refractivity contribution in [2.24, 2.45) is 5.41 Å². The number of aliphatic carboxylic acids is 1. The highest BCUT2D eigenvalue weighted by atomic mass is 16.4. The molecule has 0 saturated carbocycles. The first-order valence-electron chi connectivity index (χ1n) is 5.65. The van der Waals surface area contributed by atoms with Crippen molar-refractivity contribution in [2.75, 3.05) is 0 Å². The van der Waals surface area contributed by atoms with Gasteiger partial charge in [-0.05, 0) is 18.8 Å². The fraction of sp³-hybridized carbons (Fsp3) is 0.769. The molecule has 0 aliphatic carbocycles. The predicted octanol–water partition coefficient (Wildman–Crippen LogP) is 4.26. The average Bonchev–Trinajstić information content (AvgIpc) is 2.16. The summed E-state index contributed by atoms with van der Waals surface area (Å²) in [5.74, 6) is -0.935. The molecule has 0 atom stereocenters. The van der Waals surface area contributed by atoms with Gasteiger partial charge in [0.2, 0.25) is 0 Å². The Labute approximate surface area is 94.4 Å². The fourth-order valence-electron chi connectivity index (χ4n) is 0.832. The van der Waals surface area contributed by atoms with Crippen LogP contribution in [0.5, 0.6) is 0 Å². The quantitative estimate of drug-likeness (QED) is 0.694. The summed E-state index contributed by atoms with van der Waals surface area (Å²) >= 11 is 0. The molecule has 90 valence electrons. The van der Waals surface area contributed by atoms with Crippen LogP contribution in [0.2, 0.25) is 0 Å². The van der Waals surface area contributed by atoms with Crippen LogP contribution in [0.15, 0.2) is 12.2 Å². The van der Waals surface area contributed by atoms with Crippen LogP contribution in [0.4, 0.5) is 0 Å². The summed E-state index contributed by atoms with van der Waals surface area (Å²) in [6, 6.07) is 0. The van der Waals surface area contributed by atoms with Gasteiger partial charge in [0.05, 0.1) is 0 Å². The summed E-state index contributed by atoms with van der Waals surface area (Å²) in [6.45, 7) is 13.8. The van der Waals surface area contributed by atoms with Gasteiger partial charge >= 0.3 is 5.97 Å². The van der Waals surface area contributed by atoms with Crippen molar-refractivity contribution in [1.82, 2.24) is 0 Å². The van der Waals surface area contributed by atoms with Crippen LogP contribution in [0, 0.1) is 5.41 Å². The van der Waals surface area contributed by atoms with Crippen LogP contribution >= 0.6 is 0 Å². The topological polar surface area (TPSA) is 37.3 Å². The van der Waals surface area contributed by atoms with Crippen LogP contribution in [-0.4, -0.2) is 11.1 Å². The summed E-state index contributed by atoms with van der Waals surface area (Å²) in [6.07, 6.45) is 5.43. The molecule has 0 aliphatic rings. The van der Waals surface area contributed by atoms with Gasteiger partial charge in [-0.1, -0.05) is 53.5 Å². The number of hydrogen-bond donors (Lipinski definition) is 1. The lowest BCUT2D eigenvalue weighted by Gasteiger charge is -2.21. The minimum absolute atomic E-state index is 0.176. The first-order chi connectivity index (χ1) is 6.76. The highest BCUT2D eigenvalue weighted by molar-refractivity contribution is 5.84. The van der Waals surface area contributed by atoms with Gasteiger partial charge in [0.1, 0.15) is 0 Å². The molecule has 0 unspecified atom stereocenters. The number of rotatable bonds is 5. The lowest BCUT2D eigenvalue weighted by molar-refractivity contribution is -0.132. The second kappa shape index (κ2) is 8.51. The van der Waals surface area contributed by atoms with Gasteiger partial charge in [0, 0.05) is 5.57 Å². The second-order valence-electron chi connectivity index (χ2n) is 4.71. The molecule has 0 radical (unpaired) electrons. The van der Waals surface area contributed by atoms with E-state index in [4.69, 9.17) is 5.11 Å². The minimum atomic E-state index is -0.935. The molecule has 2 nitrogen and oxygen atoms in total. The largest absolute Gasteiger partial charge is 0.478 e. The van der Waals surface area contributed by atoms with Crippen LogP contribution in [0.1, 0.15) is 60.3 Å². The SMILES string of the molecule is C=C(C)C(=O)O.CCCCC(C)(C)CC. The van der Waals surface area contributed by atoms with Gasteiger partial charge in [-0.15, -0.1) is 0 Å². The van der Waals surface area contributed by atoms with Crippen molar-refractivity contribution in [3.63, 3.8) is 0 Å². The zero-order valence-corrected chi connectivity index (χ0v) is 10.9. The molecule has 15 heavy (non-hydrogen) atoms. The molecular weight excluding hydrogens is 188 g/mol. The summed E-state index contributed by atoms with van der Waals surface area (Å²) in [5, 5.41) is 7.89. The van der Waals surface area contributed by atoms with Gasteiger partial charge in [-0.25, -0.2) is 4.79 Å². The van der Waals surface area contributed by atoms with Gasteiger partial charge in [0.15, 0.2) is 0 Å². The summed E-state index contributed by atoms with van der Waals surface area (Å²) in [5.41, 5.74) is 0.769. The summed E-state index contributed by atoms with van der Waals surface area (Å²) in [4.78, 5) is 9.60. The molecule has 1 N–H and O–H groups in total. The van der Waals surface area contributed by atoms with E-state index < -0.39 is 5.97 Å². The Bertz CT molecular complexity index is 181. The van der Waals surface area contributed by atoms with E-state index in [0.29, 0.717) is 5.41 Å². The number of carboxylic acid groups (broad SMARTS) is 1. The standard InChI is InChI=1S/C9H20.C4H6O2/c1-5-7-8-9(3,4)6-2;1-3(2)4(5)6/h5-8H2,1-4H3;1H2,2H3,(H,5,6). The Morgan fingerprint density at radius 1 is 1.33 bits per heavy atom. The van der Waals surface area contributed by atoms with Gasteiger partial charge < -0.3 is 5.11 Å². The third kappa shape index (κ3) is 13.2. The van der Waals surface area contributed by atoms with E-state index in [1.807, 2.05) is 0 Å². The maximum absolute atomic E-state index is 9.60. The molecule has 0 rings (SSSR count). The third-order valence-electron chi connectivity index (χ3n) is 2.53. The van der Waals surface area contributed by atoms with Crippen molar-refractivity contribution in [3.05, 3.63) is 12.2 Å². The zero-order valence-electron chi connectivity index (χ0n) is 10.9. The fourth-order valence-corrected chi connectivity index (χ4v) is 0.832. The molecule has 2 heteroatoms. The molecule has 0 heterocycles. The maximum Gasteiger partial charge on any atom is 0.330 e. The molecule has 0 saturated heterocycles. The van der Waals surface area contributed by atoms with E-state index >= 15 is 0 Å². The number of carbonyl (C=O) groups is 1. The number of hydrogen-bond acceptors (Lipinski definition) is 1. The predicted molar refractivity (Wildman–Crippen MR) is 66.0 cm³/mol. The number of unbranched alkanes of at least 4 members (excludes halogenated alkanes) is 1. The van der Waals surface area contributed by atoms with Crippen molar-refractivity contribution in [2.45, 2.75) is 60.3 Å². The maximum atomic E-state index is 9.60. The smallest absolute Gasteiger partial charge is 0.330 e. The van der Waals surface area contributed by atoms with E-state index in [9.17, 15) is 4.79 Å². The van der Waals surface area contributed by atoms with Gasteiger partial charge in [0.25, 0.3) is 0 Å². The van der Waals surface area contributed by atoms with E-state index in [1.54, 1.807) is 0 Å². The lowest BCUT2D eigenvalue weighted by atomic mass is 9.85. The summed E-state index contributed by atoms with van der Waals surface area (Å²) in [7, 11) is 0. The zero-order chi connectivity index (χ0) is 12.5. The van der Waals surface area contributed by atoms with Gasteiger partial charge in [-0.3, -0.25) is 0 Å². The Morgan fingerprint density at radius 3 is 1.93 bits per heavy atom. The molecule has 0 aromatic rings. The van der Waals surface area contributed by atoms with Crippen LogP contribution < -0.4 is 0 Å². The van der Waals surface area contributed by atoms with Crippen molar-refractivity contribution >= 4 is 5.97 Å². The van der Waals surface area contributed by atoms with Crippen molar-refractivity contribution in [3.8, 4) is 0 Å². The summed E-state index contributed by atoms with van der Waals surface area (Å²) < 4.78 is 0. The lowest BCUT2D eigenvalue weighted by Crippen LogP contribution is -2.08. The molecule has 0 aromatic heterocycles. The Kier molecular flexibility index (Phi) is 9.44. The first-order valence-corrected chi connectivity index (χ1v) is 5.65. The monoisotopic (exact) mass is 214 g/mol. The Hall–Kier alpha value is -0.790. The number of carboxylic acids is 1. The average molecular weight is 214 g/mol. The first kappa shape index (κ1) is 16.6. The second-order valence-corrected chi connectivity index (χ2v) is 4.71. The highest BCUT2D eigenvalue weighted by Gasteiger charge is 2.12. The Morgan fingerprint density at radius 2 is 1.73 bits per heavy atom. The van der Waals surface area contributed by atoms with Crippen LogP contribution in [0.3, 0.4) is 0 Å². The molecule has 0 aromatic carbocycles. The van der Waals surface area contributed by atoms with E-state index in [1.165, 1.54) is 32.6 Å². The molecule has 0 fully saturated rings.